The minimum atomic E-state index is -0.402. The molecule has 34 heavy (non-hydrogen) atoms. The summed E-state index contributed by atoms with van der Waals surface area (Å²) in [5.74, 6) is 1.34. The Hall–Kier alpha value is -2.79. The van der Waals surface area contributed by atoms with Crippen LogP contribution in [0.3, 0.4) is 0 Å². The average molecular weight is 466 g/mol. The van der Waals surface area contributed by atoms with Gasteiger partial charge in [0, 0.05) is 18.8 Å². The van der Waals surface area contributed by atoms with Crippen LogP contribution in [0.25, 0.3) is 0 Å². The van der Waals surface area contributed by atoms with Crippen LogP contribution in [-0.4, -0.2) is 37.6 Å². The summed E-state index contributed by atoms with van der Waals surface area (Å²) in [6.45, 7) is 14.7. The van der Waals surface area contributed by atoms with Crippen LogP contribution in [-0.2, 0) is 11.4 Å². The second-order valence-electron chi connectivity index (χ2n) is 10.3. The molecule has 1 amide bonds. The molecule has 0 radical (unpaired) electrons. The van der Waals surface area contributed by atoms with E-state index in [1.165, 1.54) is 5.57 Å². The number of ether oxygens (including phenoxy) is 1. The van der Waals surface area contributed by atoms with Gasteiger partial charge < -0.3 is 20.3 Å². The zero-order valence-corrected chi connectivity index (χ0v) is 22.0. The third-order valence-corrected chi connectivity index (χ3v) is 5.59. The first-order valence-electron chi connectivity index (χ1n) is 12.2. The van der Waals surface area contributed by atoms with Crippen molar-refractivity contribution in [2.75, 3.05) is 25.0 Å². The van der Waals surface area contributed by atoms with Gasteiger partial charge in [0.15, 0.2) is 0 Å². The minimum absolute atomic E-state index is 0.0491. The molecule has 0 fully saturated rings. The topological polar surface area (TPSA) is 53.6 Å². The van der Waals surface area contributed by atoms with Gasteiger partial charge in [-0.2, -0.15) is 0 Å². The van der Waals surface area contributed by atoms with Gasteiger partial charge in [0.2, 0.25) is 5.91 Å². The predicted molar refractivity (Wildman–Crippen MR) is 143 cm³/mol. The second kappa shape index (κ2) is 13.2. The molecule has 2 aromatic carbocycles. The van der Waals surface area contributed by atoms with Crippen molar-refractivity contribution in [3.05, 3.63) is 71.8 Å². The number of rotatable bonds is 13. The monoisotopic (exact) mass is 465 g/mol. The van der Waals surface area contributed by atoms with Crippen LogP contribution in [0.4, 0.5) is 5.69 Å². The Morgan fingerprint density at radius 2 is 1.71 bits per heavy atom. The van der Waals surface area contributed by atoms with Crippen molar-refractivity contribution in [1.82, 2.24) is 10.6 Å². The van der Waals surface area contributed by atoms with E-state index in [4.69, 9.17) is 4.74 Å². The van der Waals surface area contributed by atoms with Gasteiger partial charge in [-0.1, -0.05) is 55.8 Å². The molecule has 0 aliphatic rings. The van der Waals surface area contributed by atoms with Gasteiger partial charge >= 0.3 is 0 Å². The maximum atomic E-state index is 12.9. The van der Waals surface area contributed by atoms with Gasteiger partial charge in [-0.15, -0.1) is 0 Å². The van der Waals surface area contributed by atoms with E-state index in [9.17, 15) is 4.79 Å². The van der Waals surface area contributed by atoms with Crippen LogP contribution in [0, 0.1) is 5.92 Å². The van der Waals surface area contributed by atoms with E-state index in [2.05, 4.69) is 87.4 Å². The molecule has 2 rings (SSSR count). The highest BCUT2D eigenvalue weighted by molar-refractivity contribution is 5.82. The van der Waals surface area contributed by atoms with Gasteiger partial charge in [-0.05, 0) is 76.9 Å². The normalized spacial score (nSPS) is 12.2. The molecule has 0 saturated carbocycles. The molecule has 186 valence electrons. The molecule has 2 N–H and O–H groups in total. The molecule has 2 aromatic rings. The predicted octanol–water partition coefficient (Wildman–Crippen LogP) is 5.57. The van der Waals surface area contributed by atoms with Crippen LogP contribution in [0.15, 0.2) is 66.2 Å². The van der Waals surface area contributed by atoms with E-state index in [-0.39, 0.29) is 11.9 Å². The number of nitrogens with one attached hydrogen (secondary N) is 2. The summed E-state index contributed by atoms with van der Waals surface area (Å²) >= 11 is 0. The largest absolute Gasteiger partial charge is 0.489 e. The molecule has 5 heteroatoms. The molecule has 0 spiro atoms. The molecule has 5 nitrogen and oxygen atoms in total. The SMILES string of the molecule is CN[C@@H](CC(C)C)C(=O)NC(C)(C)CN(CC=C(C)C)c1ccc(OCc2ccccc2)cc1. The van der Waals surface area contributed by atoms with Crippen LogP contribution >= 0.6 is 0 Å². The van der Waals surface area contributed by atoms with Gasteiger partial charge in [0.25, 0.3) is 0 Å². The lowest BCUT2D eigenvalue weighted by Gasteiger charge is -2.35. The number of nitrogens with zero attached hydrogens (tertiary/aromatic N) is 1. The number of amides is 1. The molecule has 0 aliphatic heterocycles. The van der Waals surface area contributed by atoms with E-state index in [1.54, 1.807) is 0 Å². The molecule has 1 atom stereocenters. The molecule has 0 unspecified atom stereocenters. The third-order valence-electron chi connectivity index (χ3n) is 5.59. The quantitative estimate of drug-likeness (QED) is 0.380. The molecule has 0 bridgehead atoms. The maximum absolute atomic E-state index is 12.9. The van der Waals surface area contributed by atoms with Gasteiger partial charge in [0.1, 0.15) is 12.4 Å². The number of likely N-dealkylation sites (N-methyl/N-ethyl adjacent to an activating group) is 1. The van der Waals surface area contributed by atoms with Crippen molar-refractivity contribution in [2.45, 2.75) is 66.2 Å². The summed E-state index contributed by atoms with van der Waals surface area (Å²) in [7, 11) is 1.85. The Morgan fingerprint density at radius 3 is 2.26 bits per heavy atom. The lowest BCUT2D eigenvalue weighted by atomic mass is 9.99. The Morgan fingerprint density at radius 1 is 1.06 bits per heavy atom. The molecular weight excluding hydrogens is 422 g/mol. The van der Waals surface area contributed by atoms with E-state index in [0.717, 1.165) is 30.0 Å². The highest BCUT2D eigenvalue weighted by Gasteiger charge is 2.27. The number of hydrogen-bond donors (Lipinski definition) is 2. The Kier molecular flexibility index (Phi) is 10.6. The van der Waals surface area contributed by atoms with Gasteiger partial charge in [-0.3, -0.25) is 4.79 Å². The summed E-state index contributed by atoms with van der Waals surface area (Å²) < 4.78 is 5.95. The van der Waals surface area contributed by atoms with Crippen molar-refractivity contribution in [1.29, 1.82) is 0 Å². The fraction of sp³-hybridized carbons (Fsp3) is 0.483. The van der Waals surface area contributed by atoms with Crippen molar-refractivity contribution in [3.63, 3.8) is 0 Å². The number of carbonyl (C=O) groups is 1. The van der Waals surface area contributed by atoms with E-state index < -0.39 is 5.54 Å². The van der Waals surface area contributed by atoms with Crippen LogP contribution in [0.2, 0.25) is 0 Å². The summed E-state index contributed by atoms with van der Waals surface area (Å²) in [6.07, 6.45) is 3.03. The Bertz CT molecular complexity index is 901. The molecule has 0 heterocycles. The lowest BCUT2D eigenvalue weighted by molar-refractivity contribution is -0.124. The number of anilines is 1. The summed E-state index contributed by atoms with van der Waals surface area (Å²) in [6, 6.07) is 18.2. The number of benzene rings is 2. The number of carbonyl (C=O) groups excluding carboxylic acids is 1. The van der Waals surface area contributed by atoms with E-state index in [0.29, 0.717) is 19.1 Å². The van der Waals surface area contributed by atoms with E-state index in [1.807, 2.05) is 37.4 Å². The van der Waals surface area contributed by atoms with Crippen molar-refractivity contribution in [3.8, 4) is 5.75 Å². The fourth-order valence-electron chi connectivity index (χ4n) is 3.81. The first-order chi connectivity index (χ1) is 16.1. The fourth-order valence-corrected chi connectivity index (χ4v) is 3.81. The second-order valence-corrected chi connectivity index (χ2v) is 10.3. The summed E-state index contributed by atoms with van der Waals surface area (Å²) in [5.41, 5.74) is 3.11. The number of allylic oxidation sites excluding steroid dienone is 1. The highest BCUT2D eigenvalue weighted by Crippen LogP contribution is 2.23. The Labute approximate surface area is 206 Å². The van der Waals surface area contributed by atoms with Gasteiger partial charge in [-0.25, -0.2) is 0 Å². The minimum Gasteiger partial charge on any atom is -0.489 e. The van der Waals surface area contributed by atoms with E-state index >= 15 is 0 Å². The van der Waals surface area contributed by atoms with Crippen LogP contribution < -0.4 is 20.3 Å². The van der Waals surface area contributed by atoms with Gasteiger partial charge in [0.05, 0.1) is 11.6 Å². The first kappa shape index (κ1) is 27.5. The molecule has 0 aromatic heterocycles. The van der Waals surface area contributed by atoms with Crippen molar-refractivity contribution < 1.29 is 9.53 Å². The maximum Gasteiger partial charge on any atom is 0.237 e. The standard InChI is InChI=1S/C29H43N3O2/c1-22(2)17-18-32(21-29(5,6)31-28(33)27(30-7)19-23(3)4)25-13-15-26(16-14-25)34-20-24-11-9-8-10-12-24/h8-17,23,27,30H,18-21H2,1-7H3,(H,31,33)/t27-/m0/s1. The van der Waals surface area contributed by atoms with Crippen LogP contribution in [0.1, 0.15) is 53.5 Å². The molecule has 0 saturated heterocycles. The Balaban J connectivity index is 2.09. The zero-order chi connectivity index (χ0) is 25.1. The highest BCUT2D eigenvalue weighted by atomic mass is 16.5. The lowest BCUT2D eigenvalue weighted by Crippen LogP contribution is -2.56. The molecule has 0 aliphatic carbocycles. The summed E-state index contributed by atoms with van der Waals surface area (Å²) in [5, 5.41) is 6.42. The third kappa shape index (κ3) is 9.60. The molecular formula is C29H43N3O2. The first-order valence-corrected chi connectivity index (χ1v) is 12.2. The van der Waals surface area contributed by atoms with Crippen molar-refractivity contribution >= 4 is 11.6 Å². The zero-order valence-electron chi connectivity index (χ0n) is 22.0. The van der Waals surface area contributed by atoms with Crippen LogP contribution in [0.5, 0.6) is 5.75 Å². The summed E-state index contributed by atoms with van der Waals surface area (Å²) in [4.78, 5) is 15.2. The smallest absolute Gasteiger partial charge is 0.237 e. The van der Waals surface area contributed by atoms with Crippen molar-refractivity contribution in [2.24, 2.45) is 5.92 Å². The average Bonchev–Trinajstić information content (AvgIpc) is 2.79. The number of hydrogen-bond acceptors (Lipinski definition) is 4.